The van der Waals surface area contributed by atoms with Gasteiger partial charge in [-0.1, -0.05) is 30.0 Å². The first-order valence-corrected chi connectivity index (χ1v) is 7.58. The van der Waals surface area contributed by atoms with Crippen molar-refractivity contribution >= 4 is 40.3 Å². The molecule has 0 aliphatic heterocycles. The number of imidazole rings is 1. The van der Waals surface area contributed by atoms with Crippen LogP contribution in [0.3, 0.4) is 0 Å². The van der Waals surface area contributed by atoms with Crippen molar-refractivity contribution in [3.63, 3.8) is 0 Å². The number of hydrogen-bond donors (Lipinski definition) is 1. The van der Waals surface area contributed by atoms with Crippen LogP contribution in [-0.2, 0) is 0 Å². The molecule has 2 heterocycles. The van der Waals surface area contributed by atoms with Gasteiger partial charge in [-0.15, -0.1) is 0 Å². The van der Waals surface area contributed by atoms with Crippen LogP contribution in [0.5, 0.6) is 0 Å². The quantitative estimate of drug-likeness (QED) is 0.595. The lowest BCUT2D eigenvalue weighted by Gasteiger charge is -2.07. The maximum atomic E-state index is 6.00. The van der Waals surface area contributed by atoms with Gasteiger partial charge in [-0.05, 0) is 30.0 Å². The number of para-hydroxylation sites is 1. The minimum atomic E-state index is 0.201. The summed E-state index contributed by atoms with van der Waals surface area (Å²) < 4.78 is 1.98. The Bertz CT molecular complexity index is 756. The maximum absolute atomic E-state index is 6.00. The van der Waals surface area contributed by atoms with E-state index >= 15 is 0 Å². The zero-order valence-electron chi connectivity index (χ0n) is 11.0. The number of halogens is 1. The van der Waals surface area contributed by atoms with Gasteiger partial charge in [-0.2, -0.15) is 9.97 Å². The van der Waals surface area contributed by atoms with E-state index in [0.29, 0.717) is 17.0 Å². The monoisotopic (exact) mass is 305 g/mol. The van der Waals surface area contributed by atoms with Crippen LogP contribution in [0.2, 0.25) is 5.28 Å². The number of fused-ring (bicyclic) bond motifs is 1. The molecular weight excluding hydrogens is 294 g/mol. The first kappa shape index (κ1) is 13.2. The van der Waals surface area contributed by atoms with E-state index in [1.807, 2.05) is 41.2 Å². The fraction of sp³-hybridized carbons (Fsp3) is 0.154. The summed E-state index contributed by atoms with van der Waals surface area (Å²) in [4.78, 5) is 13.1. The highest BCUT2D eigenvalue weighted by molar-refractivity contribution is 7.98. The molecule has 1 N–H and O–H groups in total. The van der Waals surface area contributed by atoms with Gasteiger partial charge in [-0.3, -0.25) is 4.57 Å². The Kier molecular flexibility index (Phi) is 3.50. The van der Waals surface area contributed by atoms with E-state index in [2.05, 4.69) is 20.3 Å². The van der Waals surface area contributed by atoms with Crippen molar-refractivity contribution in [3.05, 3.63) is 35.6 Å². The average molecular weight is 306 g/mol. The molecule has 3 aromatic rings. The van der Waals surface area contributed by atoms with Crippen molar-refractivity contribution in [3.8, 4) is 5.69 Å². The first-order valence-electron chi connectivity index (χ1n) is 5.97. The molecule has 20 heavy (non-hydrogen) atoms. The van der Waals surface area contributed by atoms with E-state index in [4.69, 9.17) is 11.6 Å². The largest absolute Gasteiger partial charge is 0.371 e. The molecule has 0 spiro atoms. The lowest BCUT2D eigenvalue weighted by molar-refractivity contribution is 0.911. The highest BCUT2D eigenvalue weighted by Gasteiger charge is 2.17. The predicted molar refractivity (Wildman–Crippen MR) is 83.0 cm³/mol. The van der Waals surface area contributed by atoms with E-state index < -0.39 is 0 Å². The highest BCUT2D eigenvalue weighted by atomic mass is 35.5. The van der Waals surface area contributed by atoms with Gasteiger partial charge in [-0.25, -0.2) is 4.98 Å². The second-order valence-corrected chi connectivity index (χ2v) is 5.14. The summed E-state index contributed by atoms with van der Waals surface area (Å²) in [6.45, 7) is 0. The Morgan fingerprint density at radius 1 is 1.15 bits per heavy atom. The number of benzene rings is 1. The Labute approximate surface area is 125 Å². The normalized spacial score (nSPS) is 10.9. The third-order valence-electron chi connectivity index (χ3n) is 2.88. The molecule has 7 heteroatoms. The van der Waals surface area contributed by atoms with Crippen molar-refractivity contribution in [2.75, 3.05) is 18.6 Å². The molecule has 0 aliphatic rings. The minimum absolute atomic E-state index is 0.201. The molecule has 2 aromatic heterocycles. The molecule has 0 unspecified atom stereocenters. The number of nitrogens with zero attached hydrogens (tertiary/aromatic N) is 4. The Balaban J connectivity index is 2.38. The summed E-state index contributed by atoms with van der Waals surface area (Å²) in [7, 11) is 1.79. The number of rotatable bonds is 3. The molecule has 0 saturated carbocycles. The summed E-state index contributed by atoms with van der Waals surface area (Å²) in [6.07, 6.45) is 1.98. The van der Waals surface area contributed by atoms with Gasteiger partial charge >= 0.3 is 0 Å². The Morgan fingerprint density at radius 2 is 1.90 bits per heavy atom. The SMILES string of the molecule is CNc1nc(Cl)nc2c1nc(SC)n2-c1ccccc1. The summed E-state index contributed by atoms with van der Waals surface area (Å²) in [6, 6.07) is 9.95. The minimum Gasteiger partial charge on any atom is -0.371 e. The number of hydrogen-bond acceptors (Lipinski definition) is 5. The number of thioether (sulfide) groups is 1. The first-order chi connectivity index (χ1) is 9.74. The van der Waals surface area contributed by atoms with E-state index in [0.717, 1.165) is 10.8 Å². The number of anilines is 1. The molecule has 0 bridgehead atoms. The van der Waals surface area contributed by atoms with Gasteiger partial charge in [0.05, 0.1) is 0 Å². The zero-order chi connectivity index (χ0) is 14.1. The smallest absolute Gasteiger partial charge is 0.226 e. The van der Waals surface area contributed by atoms with Gasteiger partial charge in [0.1, 0.15) is 0 Å². The van der Waals surface area contributed by atoms with Crippen LogP contribution >= 0.6 is 23.4 Å². The van der Waals surface area contributed by atoms with Crippen LogP contribution in [-0.4, -0.2) is 32.8 Å². The zero-order valence-corrected chi connectivity index (χ0v) is 12.5. The molecule has 3 rings (SSSR count). The van der Waals surface area contributed by atoms with E-state index in [-0.39, 0.29) is 5.28 Å². The highest BCUT2D eigenvalue weighted by Crippen LogP contribution is 2.29. The van der Waals surface area contributed by atoms with Crippen LogP contribution in [0, 0.1) is 0 Å². The summed E-state index contributed by atoms with van der Waals surface area (Å²) >= 11 is 7.56. The van der Waals surface area contributed by atoms with Gasteiger partial charge in [0.25, 0.3) is 0 Å². The molecule has 102 valence electrons. The maximum Gasteiger partial charge on any atom is 0.226 e. The Morgan fingerprint density at radius 3 is 2.55 bits per heavy atom. The van der Waals surface area contributed by atoms with E-state index in [1.54, 1.807) is 18.8 Å². The standard InChI is InChI=1S/C13H12ClN5S/c1-15-10-9-11(18-12(14)17-10)19(13(16-9)20-2)8-6-4-3-5-7-8/h3-7H,1-2H3,(H,15,17,18). The fourth-order valence-electron chi connectivity index (χ4n) is 2.03. The van der Waals surface area contributed by atoms with Crippen molar-refractivity contribution in [2.45, 2.75) is 5.16 Å². The second kappa shape index (κ2) is 5.30. The van der Waals surface area contributed by atoms with Crippen LogP contribution in [0.15, 0.2) is 35.5 Å². The number of nitrogens with one attached hydrogen (secondary N) is 1. The summed E-state index contributed by atoms with van der Waals surface area (Å²) in [5.74, 6) is 0.630. The average Bonchev–Trinajstić information content (AvgIpc) is 2.85. The van der Waals surface area contributed by atoms with Crippen LogP contribution < -0.4 is 5.32 Å². The molecule has 0 atom stereocenters. The van der Waals surface area contributed by atoms with Crippen LogP contribution in [0.25, 0.3) is 16.9 Å². The van der Waals surface area contributed by atoms with Gasteiger partial charge in [0, 0.05) is 12.7 Å². The van der Waals surface area contributed by atoms with Gasteiger partial charge < -0.3 is 5.32 Å². The van der Waals surface area contributed by atoms with E-state index in [1.165, 1.54) is 0 Å². The molecule has 1 aromatic carbocycles. The lowest BCUT2D eigenvalue weighted by atomic mass is 10.3. The fourth-order valence-corrected chi connectivity index (χ4v) is 2.75. The number of aromatic nitrogens is 4. The summed E-state index contributed by atoms with van der Waals surface area (Å²) in [5, 5.41) is 4.05. The molecule has 0 aliphatic carbocycles. The molecule has 0 fully saturated rings. The third kappa shape index (κ3) is 2.10. The van der Waals surface area contributed by atoms with Crippen molar-refractivity contribution < 1.29 is 0 Å². The third-order valence-corrected chi connectivity index (χ3v) is 3.69. The lowest BCUT2D eigenvalue weighted by Crippen LogP contribution is -1.99. The molecular formula is C13H12ClN5S. The van der Waals surface area contributed by atoms with Crippen LogP contribution in [0.1, 0.15) is 0 Å². The summed E-state index contributed by atoms with van der Waals surface area (Å²) in [5.41, 5.74) is 2.41. The molecule has 5 nitrogen and oxygen atoms in total. The van der Waals surface area contributed by atoms with Crippen LogP contribution in [0.4, 0.5) is 5.82 Å². The van der Waals surface area contributed by atoms with Crippen molar-refractivity contribution in [2.24, 2.45) is 0 Å². The van der Waals surface area contributed by atoms with E-state index in [9.17, 15) is 0 Å². The van der Waals surface area contributed by atoms with Gasteiger partial charge in [0.2, 0.25) is 5.28 Å². The predicted octanol–water partition coefficient (Wildman–Crippen LogP) is 3.23. The second-order valence-electron chi connectivity index (χ2n) is 4.03. The molecule has 0 radical (unpaired) electrons. The van der Waals surface area contributed by atoms with Gasteiger partial charge in [0.15, 0.2) is 22.1 Å². The molecule has 0 amide bonds. The van der Waals surface area contributed by atoms with Crippen molar-refractivity contribution in [1.29, 1.82) is 0 Å². The van der Waals surface area contributed by atoms with Crippen molar-refractivity contribution in [1.82, 2.24) is 19.5 Å². The Hall–Kier alpha value is -1.79. The molecule has 0 saturated heterocycles. The topological polar surface area (TPSA) is 55.6 Å².